The zero-order valence-corrected chi connectivity index (χ0v) is 22.4. The van der Waals surface area contributed by atoms with Crippen molar-refractivity contribution >= 4 is 0 Å². The van der Waals surface area contributed by atoms with E-state index in [9.17, 15) is 0 Å². The number of methoxy groups -OCH3 is 3. The second-order valence-corrected chi connectivity index (χ2v) is 10.2. The molecule has 3 nitrogen and oxygen atoms in total. The Bertz CT molecular complexity index is 591. The molecule has 0 aromatic heterocycles. The smallest absolute Gasteiger partial charge is 0.289 e. The van der Waals surface area contributed by atoms with Crippen LogP contribution >= 0.6 is 0 Å². The van der Waals surface area contributed by atoms with Gasteiger partial charge in [0.25, 0.3) is 5.97 Å². The second kappa shape index (κ2) is 15.9. The van der Waals surface area contributed by atoms with Crippen molar-refractivity contribution in [2.45, 2.75) is 128 Å². The summed E-state index contributed by atoms with van der Waals surface area (Å²) in [6, 6.07) is 9.32. The van der Waals surface area contributed by atoms with E-state index >= 15 is 0 Å². The predicted octanol–water partition coefficient (Wildman–Crippen LogP) is 8.97. The lowest BCUT2D eigenvalue weighted by atomic mass is 9.76. The Balaban J connectivity index is 2.00. The molecule has 1 unspecified atom stereocenters. The Morgan fingerprint density at radius 2 is 1.27 bits per heavy atom. The minimum atomic E-state index is -1.03. The third kappa shape index (κ3) is 8.67. The lowest BCUT2D eigenvalue weighted by Crippen LogP contribution is -2.42. The monoisotopic (exact) mass is 460 g/mol. The summed E-state index contributed by atoms with van der Waals surface area (Å²) in [5, 5.41) is 0. The number of benzene rings is 1. The van der Waals surface area contributed by atoms with Gasteiger partial charge in [0.2, 0.25) is 0 Å². The summed E-state index contributed by atoms with van der Waals surface area (Å²) >= 11 is 0. The standard InChI is InChI=1S/C30H52O3/c1-6-8-10-11-12-14-16-29(30(31-3,32-4)33-5)28-23-21-27(22-24-28)26-19-17-25(18-20-26)15-13-9-7-2/h21-26,29H,6-20H2,1-5H3. The van der Waals surface area contributed by atoms with Crippen LogP contribution in [-0.2, 0) is 14.2 Å². The van der Waals surface area contributed by atoms with Gasteiger partial charge in [-0.25, -0.2) is 0 Å². The topological polar surface area (TPSA) is 27.7 Å². The highest BCUT2D eigenvalue weighted by molar-refractivity contribution is 5.29. The molecule has 0 amide bonds. The molecular weight excluding hydrogens is 408 g/mol. The van der Waals surface area contributed by atoms with E-state index in [1.807, 2.05) is 0 Å². The van der Waals surface area contributed by atoms with Gasteiger partial charge >= 0.3 is 0 Å². The molecule has 0 bridgehead atoms. The van der Waals surface area contributed by atoms with Crippen LogP contribution in [0.15, 0.2) is 24.3 Å². The average Bonchev–Trinajstić information content (AvgIpc) is 2.87. The predicted molar refractivity (Wildman–Crippen MR) is 140 cm³/mol. The molecule has 33 heavy (non-hydrogen) atoms. The van der Waals surface area contributed by atoms with Crippen LogP contribution in [0.2, 0.25) is 0 Å². The van der Waals surface area contributed by atoms with Gasteiger partial charge in [0.15, 0.2) is 0 Å². The van der Waals surface area contributed by atoms with Crippen molar-refractivity contribution in [1.29, 1.82) is 0 Å². The molecule has 1 aromatic rings. The summed E-state index contributed by atoms with van der Waals surface area (Å²) in [5.41, 5.74) is 2.76. The van der Waals surface area contributed by atoms with Crippen LogP contribution in [0, 0.1) is 5.92 Å². The zero-order valence-electron chi connectivity index (χ0n) is 22.4. The first-order valence-electron chi connectivity index (χ1n) is 13.9. The molecule has 0 aliphatic heterocycles. The summed E-state index contributed by atoms with van der Waals surface area (Å²) in [6.07, 6.45) is 19.8. The summed E-state index contributed by atoms with van der Waals surface area (Å²) < 4.78 is 17.4. The normalized spacial score (nSPS) is 20.2. The number of unbranched alkanes of at least 4 members (excludes halogenated alkanes) is 7. The maximum Gasteiger partial charge on any atom is 0.289 e. The molecular formula is C30H52O3. The third-order valence-electron chi connectivity index (χ3n) is 8.00. The number of ether oxygens (including phenoxy) is 3. The Kier molecular flexibility index (Phi) is 13.7. The van der Waals surface area contributed by atoms with Crippen molar-refractivity contribution in [3.63, 3.8) is 0 Å². The zero-order chi connectivity index (χ0) is 23.9. The fourth-order valence-corrected chi connectivity index (χ4v) is 5.82. The van der Waals surface area contributed by atoms with Crippen LogP contribution in [0.5, 0.6) is 0 Å². The first-order valence-corrected chi connectivity index (χ1v) is 13.9. The van der Waals surface area contributed by atoms with E-state index in [2.05, 4.69) is 38.1 Å². The molecule has 1 saturated carbocycles. The quantitative estimate of drug-likeness (QED) is 0.171. The van der Waals surface area contributed by atoms with Crippen LogP contribution in [0.3, 0.4) is 0 Å². The van der Waals surface area contributed by atoms with Crippen molar-refractivity contribution < 1.29 is 14.2 Å². The van der Waals surface area contributed by atoms with E-state index in [4.69, 9.17) is 14.2 Å². The summed E-state index contributed by atoms with van der Waals surface area (Å²) in [4.78, 5) is 0. The van der Waals surface area contributed by atoms with E-state index in [0.717, 1.165) is 24.7 Å². The maximum absolute atomic E-state index is 5.80. The number of hydrogen-bond donors (Lipinski definition) is 0. The summed E-state index contributed by atoms with van der Waals surface area (Å²) in [5.74, 6) is 0.712. The minimum absolute atomic E-state index is 0.0621. The fraction of sp³-hybridized carbons (Fsp3) is 0.800. The van der Waals surface area contributed by atoms with Crippen molar-refractivity contribution in [3.05, 3.63) is 35.4 Å². The third-order valence-corrected chi connectivity index (χ3v) is 8.00. The average molecular weight is 461 g/mol. The van der Waals surface area contributed by atoms with E-state index in [-0.39, 0.29) is 5.92 Å². The Hall–Kier alpha value is -0.900. The van der Waals surface area contributed by atoms with Gasteiger partial charge in [-0.05, 0) is 55.1 Å². The van der Waals surface area contributed by atoms with Crippen LogP contribution in [0.4, 0.5) is 0 Å². The van der Waals surface area contributed by atoms with E-state index in [1.165, 1.54) is 94.6 Å². The van der Waals surface area contributed by atoms with Crippen molar-refractivity contribution in [2.75, 3.05) is 21.3 Å². The summed E-state index contributed by atoms with van der Waals surface area (Å²) in [6.45, 7) is 4.57. The maximum atomic E-state index is 5.80. The van der Waals surface area contributed by atoms with Crippen molar-refractivity contribution in [3.8, 4) is 0 Å². The molecule has 1 aliphatic rings. The van der Waals surface area contributed by atoms with Crippen molar-refractivity contribution in [2.24, 2.45) is 5.92 Å². The Morgan fingerprint density at radius 3 is 1.85 bits per heavy atom. The van der Waals surface area contributed by atoms with E-state index < -0.39 is 5.97 Å². The lowest BCUT2D eigenvalue weighted by molar-refractivity contribution is -0.365. The largest absolute Gasteiger partial charge is 0.330 e. The fourth-order valence-electron chi connectivity index (χ4n) is 5.82. The second-order valence-electron chi connectivity index (χ2n) is 10.2. The molecule has 0 heterocycles. The van der Waals surface area contributed by atoms with Gasteiger partial charge in [-0.2, -0.15) is 0 Å². The molecule has 0 saturated heterocycles. The molecule has 190 valence electrons. The lowest BCUT2D eigenvalue weighted by Gasteiger charge is -2.37. The summed E-state index contributed by atoms with van der Waals surface area (Å²) in [7, 11) is 5.07. The molecule has 0 radical (unpaired) electrons. The van der Waals surface area contributed by atoms with Crippen LogP contribution in [-0.4, -0.2) is 27.3 Å². The molecule has 2 rings (SSSR count). The van der Waals surface area contributed by atoms with Gasteiger partial charge in [-0.1, -0.05) is 102 Å². The molecule has 3 heteroatoms. The van der Waals surface area contributed by atoms with E-state index in [1.54, 1.807) is 21.3 Å². The highest BCUT2D eigenvalue weighted by atomic mass is 16.9. The Labute approximate surface area is 205 Å². The minimum Gasteiger partial charge on any atom is -0.330 e. The number of hydrogen-bond acceptors (Lipinski definition) is 3. The highest BCUT2D eigenvalue weighted by Crippen LogP contribution is 2.40. The van der Waals surface area contributed by atoms with Crippen LogP contribution in [0.25, 0.3) is 0 Å². The molecule has 0 N–H and O–H groups in total. The SMILES string of the molecule is CCCCCCCCC(c1ccc(C2CCC(CCCCC)CC2)cc1)C(OC)(OC)OC. The van der Waals surface area contributed by atoms with E-state index in [0.29, 0.717) is 0 Å². The van der Waals surface area contributed by atoms with Gasteiger partial charge in [0, 0.05) is 21.3 Å². The highest BCUT2D eigenvalue weighted by Gasteiger charge is 2.40. The van der Waals surface area contributed by atoms with Gasteiger partial charge in [0.05, 0.1) is 5.92 Å². The molecule has 1 aromatic carbocycles. The first-order chi connectivity index (χ1) is 16.1. The molecule has 1 fully saturated rings. The van der Waals surface area contributed by atoms with Gasteiger partial charge < -0.3 is 14.2 Å². The Morgan fingerprint density at radius 1 is 0.727 bits per heavy atom. The van der Waals surface area contributed by atoms with Gasteiger partial charge in [-0.15, -0.1) is 0 Å². The van der Waals surface area contributed by atoms with Gasteiger partial charge in [0.1, 0.15) is 0 Å². The van der Waals surface area contributed by atoms with Crippen LogP contribution in [0.1, 0.15) is 133 Å². The molecule has 1 atom stereocenters. The first kappa shape index (κ1) is 28.3. The van der Waals surface area contributed by atoms with Crippen molar-refractivity contribution in [1.82, 2.24) is 0 Å². The molecule has 0 spiro atoms. The van der Waals surface area contributed by atoms with Crippen LogP contribution < -0.4 is 0 Å². The molecule has 1 aliphatic carbocycles. The number of rotatable bonds is 17. The van der Waals surface area contributed by atoms with Gasteiger partial charge in [-0.3, -0.25) is 0 Å².